The van der Waals surface area contributed by atoms with Gasteiger partial charge in [0.2, 0.25) is 0 Å². The summed E-state index contributed by atoms with van der Waals surface area (Å²) in [7, 11) is 1.62. The zero-order valence-corrected chi connectivity index (χ0v) is 25.0. The Hall–Kier alpha value is -1.05. The molecule has 0 aliphatic rings. The fourth-order valence-electron chi connectivity index (χ4n) is 3.56. The Labute approximate surface area is 233 Å². The summed E-state index contributed by atoms with van der Waals surface area (Å²) in [5, 5.41) is 0. The van der Waals surface area contributed by atoms with Gasteiger partial charge in [0.05, 0.1) is 15.7 Å². The molecular weight excluding hydrogens is 652 g/mol. The smallest absolute Gasteiger partial charge is 0.188 e. The van der Waals surface area contributed by atoms with Crippen LogP contribution in [0.3, 0.4) is 0 Å². The molecule has 1 aromatic heterocycles. The van der Waals surface area contributed by atoms with E-state index in [0.717, 1.165) is 43.8 Å². The molecule has 1 aromatic carbocycles. The van der Waals surface area contributed by atoms with Gasteiger partial charge in [-0.15, -0.1) is 0 Å². The number of benzene rings is 1. The van der Waals surface area contributed by atoms with Crippen molar-refractivity contribution < 1.29 is 14.2 Å². The number of unbranched alkanes of at least 4 members (excludes halogenated alkanes) is 7. The summed E-state index contributed by atoms with van der Waals surface area (Å²) in [6, 6.07) is 8.22. The minimum atomic E-state index is 0.192. The molecule has 0 atom stereocenters. The SMILES string of the molecule is CCCCCCCCOc1cc(I)nc(C#Cc2cc(CCCCC)cc(I)c2OCOC)c1. The highest BCUT2D eigenvalue weighted by Gasteiger charge is 2.10. The van der Waals surface area contributed by atoms with Gasteiger partial charge in [0.1, 0.15) is 15.1 Å². The van der Waals surface area contributed by atoms with Crippen molar-refractivity contribution in [1.82, 2.24) is 4.98 Å². The summed E-state index contributed by atoms with van der Waals surface area (Å²) in [4.78, 5) is 4.59. The van der Waals surface area contributed by atoms with Crippen molar-refractivity contribution in [1.29, 1.82) is 0 Å². The number of hydrogen-bond donors (Lipinski definition) is 0. The van der Waals surface area contributed by atoms with Gasteiger partial charge < -0.3 is 14.2 Å². The monoisotopic (exact) mass is 689 g/mol. The number of hydrogen-bond acceptors (Lipinski definition) is 4. The van der Waals surface area contributed by atoms with E-state index in [4.69, 9.17) is 14.2 Å². The normalized spacial score (nSPS) is 10.6. The molecule has 2 aromatic rings. The average molecular weight is 689 g/mol. The molecule has 6 heteroatoms. The van der Waals surface area contributed by atoms with E-state index >= 15 is 0 Å². The van der Waals surface area contributed by atoms with Gasteiger partial charge in [0.25, 0.3) is 0 Å². The maximum Gasteiger partial charge on any atom is 0.188 e. The maximum atomic E-state index is 6.00. The molecule has 4 nitrogen and oxygen atoms in total. The van der Waals surface area contributed by atoms with Crippen molar-refractivity contribution in [3.8, 4) is 23.3 Å². The van der Waals surface area contributed by atoms with Crippen molar-refractivity contribution in [2.75, 3.05) is 20.5 Å². The molecule has 0 unspecified atom stereocenters. The molecular formula is C28H37I2NO3. The second-order valence-corrected chi connectivity index (χ2v) is 10.6. The van der Waals surface area contributed by atoms with E-state index in [-0.39, 0.29) is 6.79 Å². The lowest BCUT2D eigenvalue weighted by molar-refractivity contribution is 0.0503. The van der Waals surface area contributed by atoms with Crippen LogP contribution in [0, 0.1) is 19.1 Å². The Balaban J connectivity index is 2.14. The lowest BCUT2D eigenvalue weighted by Gasteiger charge is -2.12. The van der Waals surface area contributed by atoms with Gasteiger partial charge >= 0.3 is 0 Å². The maximum absolute atomic E-state index is 6.00. The van der Waals surface area contributed by atoms with Crippen molar-refractivity contribution in [2.45, 2.75) is 78.1 Å². The molecule has 0 saturated heterocycles. The third-order valence-electron chi connectivity index (χ3n) is 5.35. The Bertz CT molecular complexity index is 937. The molecule has 0 amide bonds. The van der Waals surface area contributed by atoms with E-state index in [9.17, 15) is 0 Å². The number of aryl methyl sites for hydroxylation is 1. The third-order valence-corrected chi connectivity index (χ3v) is 6.71. The molecule has 0 N–H and O–H groups in total. The van der Waals surface area contributed by atoms with Gasteiger partial charge in [-0.1, -0.05) is 64.7 Å². The second kappa shape index (κ2) is 17.4. The molecule has 186 valence electrons. The van der Waals surface area contributed by atoms with Crippen LogP contribution in [0.1, 0.15) is 88.5 Å². The van der Waals surface area contributed by atoms with Crippen LogP contribution in [0.5, 0.6) is 11.5 Å². The molecule has 0 radical (unpaired) electrons. The molecule has 0 saturated carbocycles. The average Bonchev–Trinajstić information content (AvgIpc) is 2.81. The molecule has 34 heavy (non-hydrogen) atoms. The number of methoxy groups -OCH3 is 1. The van der Waals surface area contributed by atoms with E-state index in [1.807, 2.05) is 12.1 Å². The van der Waals surface area contributed by atoms with Crippen LogP contribution in [-0.4, -0.2) is 25.5 Å². The number of rotatable bonds is 15. The summed E-state index contributed by atoms with van der Waals surface area (Å²) in [6.07, 6.45) is 12.1. The number of aromatic nitrogens is 1. The first kappa shape index (κ1) is 29.2. The zero-order chi connectivity index (χ0) is 24.6. The van der Waals surface area contributed by atoms with Gasteiger partial charge in [-0.3, -0.25) is 0 Å². The summed E-state index contributed by atoms with van der Waals surface area (Å²) < 4.78 is 18.9. The van der Waals surface area contributed by atoms with E-state index in [2.05, 4.69) is 88.0 Å². The minimum Gasteiger partial charge on any atom is -0.493 e. The molecule has 0 fully saturated rings. The van der Waals surface area contributed by atoms with Gasteiger partial charge in [0, 0.05) is 19.2 Å². The first-order valence-electron chi connectivity index (χ1n) is 12.3. The van der Waals surface area contributed by atoms with Crippen molar-refractivity contribution >= 4 is 45.2 Å². The summed E-state index contributed by atoms with van der Waals surface area (Å²) in [5.74, 6) is 8.13. The van der Waals surface area contributed by atoms with Gasteiger partial charge in [-0.05, 0) is 88.1 Å². The van der Waals surface area contributed by atoms with E-state index in [1.165, 1.54) is 56.9 Å². The van der Waals surface area contributed by atoms with E-state index in [0.29, 0.717) is 5.69 Å². The predicted molar refractivity (Wildman–Crippen MR) is 157 cm³/mol. The van der Waals surface area contributed by atoms with Crippen molar-refractivity contribution in [2.24, 2.45) is 0 Å². The number of halogens is 2. The summed E-state index contributed by atoms with van der Waals surface area (Å²) >= 11 is 4.54. The topological polar surface area (TPSA) is 40.6 Å². The molecule has 0 bridgehead atoms. The van der Waals surface area contributed by atoms with E-state index < -0.39 is 0 Å². The van der Waals surface area contributed by atoms with Crippen LogP contribution in [0.2, 0.25) is 0 Å². The fourth-order valence-corrected chi connectivity index (χ4v) is 4.97. The van der Waals surface area contributed by atoms with Gasteiger partial charge in [0.15, 0.2) is 12.5 Å². The Morgan fingerprint density at radius 2 is 1.56 bits per heavy atom. The molecule has 2 rings (SSSR count). The Morgan fingerprint density at radius 3 is 2.32 bits per heavy atom. The van der Waals surface area contributed by atoms with Crippen LogP contribution >= 0.6 is 45.2 Å². The van der Waals surface area contributed by atoms with Gasteiger partial charge in [-0.2, -0.15) is 0 Å². The molecule has 0 aliphatic carbocycles. The van der Waals surface area contributed by atoms with E-state index in [1.54, 1.807) is 7.11 Å². The summed E-state index contributed by atoms with van der Waals surface area (Å²) in [6.45, 7) is 5.39. The van der Waals surface area contributed by atoms with Crippen LogP contribution in [-0.2, 0) is 11.2 Å². The van der Waals surface area contributed by atoms with Crippen LogP contribution in [0.25, 0.3) is 0 Å². The quantitative estimate of drug-likeness (QED) is 0.0623. The second-order valence-electron chi connectivity index (χ2n) is 8.34. The number of pyridine rings is 1. The lowest BCUT2D eigenvalue weighted by Crippen LogP contribution is -2.03. The first-order chi connectivity index (χ1) is 16.6. The highest BCUT2D eigenvalue weighted by molar-refractivity contribution is 14.1. The van der Waals surface area contributed by atoms with Crippen LogP contribution in [0.15, 0.2) is 24.3 Å². The van der Waals surface area contributed by atoms with Crippen LogP contribution in [0.4, 0.5) is 0 Å². The summed E-state index contributed by atoms with van der Waals surface area (Å²) in [5.41, 5.74) is 2.85. The van der Waals surface area contributed by atoms with Gasteiger partial charge in [-0.25, -0.2) is 4.98 Å². The van der Waals surface area contributed by atoms with Crippen LogP contribution < -0.4 is 9.47 Å². The highest BCUT2D eigenvalue weighted by Crippen LogP contribution is 2.28. The molecule has 0 aliphatic heterocycles. The Morgan fingerprint density at radius 1 is 0.824 bits per heavy atom. The Kier molecular flexibility index (Phi) is 14.9. The zero-order valence-electron chi connectivity index (χ0n) is 20.7. The number of ether oxygens (including phenoxy) is 3. The van der Waals surface area contributed by atoms with Crippen molar-refractivity contribution in [3.63, 3.8) is 0 Å². The fraction of sp³-hybridized carbons (Fsp3) is 0.536. The third kappa shape index (κ3) is 11.1. The first-order valence-corrected chi connectivity index (χ1v) is 14.5. The molecule has 0 spiro atoms. The van der Waals surface area contributed by atoms with Crippen molar-refractivity contribution in [3.05, 3.63) is 48.4 Å². The standard InChI is InChI=1S/C28H37I2NO3/c1-4-6-8-9-10-12-16-33-25-19-24(31-27(30)20-25)15-14-23-17-22(13-11-7-5-2)18-26(29)28(23)34-21-32-3/h17-20H,4-13,16,21H2,1-3H3. The molecule has 1 heterocycles. The highest BCUT2D eigenvalue weighted by atomic mass is 127. The largest absolute Gasteiger partial charge is 0.493 e. The minimum absolute atomic E-state index is 0.192. The predicted octanol–water partition coefficient (Wildman–Crippen LogP) is 8.15. The lowest BCUT2D eigenvalue weighted by atomic mass is 10.0. The number of nitrogens with zero attached hydrogens (tertiary/aromatic N) is 1.